The summed E-state index contributed by atoms with van der Waals surface area (Å²) >= 11 is 0. The van der Waals surface area contributed by atoms with Gasteiger partial charge in [0.15, 0.2) is 0 Å². The Morgan fingerprint density at radius 1 is 1.31 bits per heavy atom. The van der Waals surface area contributed by atoms with Gasteiger partial charge in [0.1, 0.15) is 9.84 Å². The Labute approximate surface area is 95.8 Å². The van der Waals surface area contributed by atoms with Crippen molar-refractivity contribution in [2.75, 3.05) is 23.9 Å². The highest BCUT2D eigenvalue weighted by atomic mass is 32.2. The van der Waals surface area contributed by atoms with Crippen molar-refractivity contribution >= 4 is 15.5 Å². The summed E-state index contributed by atoms with van der Waals surface area (Å²) < 4.78 is 21.8. The van der Waals surface area contributed by atoms with E-state index in [0.29, 0.717) is 13.0 Å². The van der Waals surface area contributed by atoms with Gasteiger partial charge < -0.3 is 5.32 Å². The quantitative estimate of drug-likeness (QED) is 0.837. The highest BCUT2D eigenvalue weighted by molar-refractivity contribution is 7.90. The Bertz CT molecular complexity index is 472. The number of hydrogen-bond acceptors (Lipinski definition) is 4. The lowest BCUT2D eigenvalue weighted by Crippen LogP contribution is -2.13. The molecule has 5 heteroatoms. The lowest BCUT2D eigenvalue weighted by atomic mass is 10.1. The van der Waals surface area contributed by atoms with Crippen LogP contribution in [0.5, 0.6) is 0 Å². The number of rotatable bonds is 5. The van der Waals surface area contributed by atoms with E-state index in [2.05, 4.69) is 11.4 Å². The molecular formula is C11H14N2O2S. The number of benzene rings is 1. The van der Waals surface area contributed by atoms with E-state index < -0.39 is 9.84 Å². The maximum atomic E-state index is 10.9. The number of nitriles is 1. The maximum absolute atomic E-state index is 10.9. The van der Waals surface area contributed by atoms with Gasteiger partial charge in [0.05, 0.1) is 18.2 Å². The van der Waals surface area contributed by atoms with Crippen LogP contribution in [0.3, 0.4) is 0 Å². The summed E-state index contributed by atoms with van der Waals surface area (Å²) in [7, 11) is -2.92. The minimum atomic E-state index is -2.92. The topological polar surface area (TPSA) is 70.0 Å². The van der Waals surface area contributed by atoms with Crippen LogP contribution in [0, 0.1) is 11.3 Å². The molecule has 0 aliphatic carbocycles. The van der Waals surface area contributed by atoms with Crippen molar-refractivity contribution < 1.29 is 8.42 Å². The van der Waals surface area contributed by atoms with Crippen LogP contribution in [0.4, 0.5) is 5.69 Å². The van der Waals surface area contributed by atoms with Gasteiger partial charge in [-0.2, -0.15) is 5.26 Å². The largest absolute Gasteiger partial charge is 0.384 e. The van der Waals surface area contributed by atoms with Gasteiger partial charge in [-0.05, 0) is 17.7 Å². The Balaban J connectivity index is 2.47. The molecule has 16 heavy (non-hydrogen) atoms. The van der Waals surface area contributed by atoms with Crippen LogP contribution in [0.25, 0.3) is 0 Å². The van der Waals surface area contributed by atoms with Gasteiger partial charge in [-0.3, -0.25) is 0 Å². The predicted octanol–water partition coefficient (Wildman–Crippen LogP) is 1.21. The van der Waals surface area contributed by atoms with E-state index in [4.69, 9.17) is 5.26 Å². The molecule has 0 fully saturated rings. The Morgan fingerprint density at radius 2 is 1.94 bits per heavy atom. The lowest BCUT2D eigenvalue weighted by molar-refractivity contribution is 0.602. The zero-order chi connectivity index (χ0) is 12.0. The molecule has 0 radical (unpaired) electrons. The van der Waals surface area contributed by atoms with E-state index in [9.17, 15) is 8.42 Å². The third kappa shape index (κ3) is 4.80. The standard InChI is InChI=1S/C11H14N2O2S/c1-16(14,15)9-8-13-11-4-2-10(3-5-11)6-7-12/h2-5,13H,6,8-9H2,1H3. The molecule has 86 valence electrons. The first kappa shape index (κ1) is 12.5. The average Bonchev–Trinajstić information content (AvgIpc) is 2.19. The van der Waals surface area contributed by atoms with Crippen molar-refractivity contribution in [2.45, 2.75) is 6.42 Å². The molecule has 0 amide bonds. The fourth-order valence-electron chi connectivity index (χ4n) is 1.21. The zero-order valence-electron chi connectivity index (χ0n) is 9.10. The van der Waals surface area contributed by atoms with Crippen LogP contribution < -0.4 is 5.32 Å². The van der Waals surface area contributed by atoms with Gasteiger partial charge in [0.25, 0.3) is 0 Å². The Morgan fingerprint density at radius 3 is 2.44 bits per heavy atom. The molecule has 1 aromatic rings. The zero-order valence-corrected chi connectivity index (χ0v) is 9.92. The van der Waals surface area contributed by atoms with E-state index >= 15 is 0 Å². The minimum Gasteiger partial charge on any atom is -0.384 e. The van der Waals surface area contributed by atoms with Crippen LogP contribution in [-0.4, -0.2) is 27.0 Å². The summed E-state index contributed by atoms with van der Waals surface area (Å²) in [5.41, 5.74) is 1.82. The molecule has 0 bridgehead atoms. The van der Waals surface area contributed by atoms with Crippen LogP contribution in [0.2, 0.25) is 0 Å². The molecule has 1 rings (SSSR count). The highest BCUT2D eigenvalue weighted by Gasteiger charge is 2.01. The Hall–Kier alpha value is -1.54. The molecule has 0 saturated carbocycles. The van der Waals surface area contributed by atoms with Crippen LogP contribution in [0.1, 0.15) is 5.56 Å². The smallest absolute Gasteiger partial charge is 0.149 e. The van der Waals surface area contributed by atoms with E-state index in [1.807, 2.05) is 24.3 Å². The second-order valence-electron chi connectivity index (χ2n) is 3.59. The van der Waals surface area contributed by atoms with Crippen molar-refractivity contribution in [2.24, 2.45) is 0 Å². The number of anilines is 1. The maximum Gasteiger partial charge on any atom is 0.149 e. The monoisotopic (exact) mass is 238 g/mol. The summed E-state index contributed by atoms with van der Waals surface area (Å²) in [6.07, 6.45) is 1.61. The van der Waals surface area contributed by atoms with Gasteiger partial charge in [0, 0.05) is 18.5 Å². The highest BCUT2D eigenvalue weighted by Crippen LogP contribution is 2.09. The van der Waals surface area contributed by atoms with Gasteiger partial charge >= 0.3 is 0 Å². The van der Waals surface area contributed by atoms with Crippen molar-refractivity contribution in [1.29, 1.82) is 5.26 Å². The van der Waals surface area contributed by atoms with Gasteiger partial charge in [-0.1, -0.05) is 12.1 Å². The molecule has 0 spiro atoms. The Kier molecular flexibility index (Phi) is 4.32. The lowest BCUT2D eigenvalue weighted by Gasteiger charge is -2.05. The summed E-state index contributed by atoms with van der Waals surface area (Å²) in [5, 5.41) is 11.5. The van der Waals surface area contributed by atoms with Gasteiger partial charge in [-0.15, -0.1) is 0 Å². The average molecular weight is 238 g/mol. The normalized spacial score (nSPS) is 10.8. The SMILES string of the molecule is CS(=O)(=O)CCNc1ccc(CC#N)cc1. The van der Waals surface area contributed by atoms with E-state index in [1.165, 1.54) is 6.26 Å². The van der Waals surface area contributed by atoms with Gasteiger partial charge in [-0.25, -0.2) is 8.42 Å². The molecule has 0 aliphatic rings. The van der Waals surface area contributed by atoms with Crippen LogP contribution in [0.15, 0.2) is 24.3 Å². The summed E-state index contributed by atoms with van der Waals surface area (Å²) in [6.45, 7) is 0.399. The second kappa shape index (κ2) is 5.52. The van der Waals surface area contributed by atoms with Crippen molar-refractivity contribution in [3.8, 4) is 6.07 Å². The molecule has 0 saturated heterocycles. The first-order chi connectivity index (χ1) is 7.51. The molecule has 0 aromatic heterocycles. The molecule has 4 nitrogen and oxygen atoms in total. The first-order valence-corrected chi connectivity index (χ1v) is 6.95. The second-order valence-corrected chi connectivity index (χ2v) is 5.85. The molecule has 1 aromatic carbocycles. The number of sulfone groups is 1. The molecule has 0 atom stereocenters. The van der Waals surface area contributed by atoms with Crippen molar-refractivity contribution in [3.05, 3.63) is 29.8 Å². The number of nitrogens with one attached hydrogen (secondary N) is 1. The minimum absolute atomic E-state index is 0.118. The summed E-state index contributed by atoms with van der Waals surface area (Å²) in [6, 6.07) is 9.46. The molecule has 0 unspecified atom stereocenters. The van der Waals surface area contributed by atoms with Crippen molar-refractivity contribution in [1.82, 2.24) is 0 Å². The van der Waals surface area contributed by atoms with Crippen LogP contribution in [-0.2, 0) is 16.3 Å². The molecule has 0 aliphatic heterocycles. The summed E-state index contributed by atoms with van der Waals surface area (Å²) in [4.78, 5) is 0. The molecule has 1 N–H and O–H groups in total. The molecule has 0 heterocycles. The van der Waals surface area contributed by atoms with E-state index in [0.717, 1.165) is 11.3 Å². The van der Waals surface area contributed by atoms with Crippen molar-refractivity contribution in [3.63, 3.8) is 0 Å². The fourth-order valence-corrected chi connectivity index (χ4v) is 1.69. The third-order valence-electron chi connectivity index (χ3n) is 2.04. The fraction of sp³-hybridized carbons (Fsp3) is 0.364. The number of nitrogens with zero attached hydrogens (tertiary/aromatic N) is 1. The molecular weight excluding hydrogens is 224 g/mol. The van der Waals surface area contributed by atoms with Crippen LogP contribution >= 0.6 is 0 Å². The van der Waals surface area contributed by atoms with E-state index in [-0.39, 0.29) is 5.75 Å². The first-order valence-electron chi connectivity index (χ1n) is 4.89. The number of hydrogen-bond donors (Lipinski definition) is 1. The summed E-state index contributed by atoms with van der Waals surface area (Å²) in [5.74, 6) is 0.118. The predicted molar refractivity (Wildman–Crippen MR) is 64.0 cm³/mol. The van der Waals surface area contributed by atoms with E-state index in [1.54, 1.807) is 0 Å². The third-order valence-corrected chi connectivity index (χ3v) is 2.98. The van der Waals surface area contributed by atoms with Gasteiger partial charge in [0.2, 0.25) is 0 Å².